The molecule has 3 rings (SSSR count). The monoisotopic (exact) mass is 380 g/mol. The minimum Gasteiger partial charge on any atom is -0.494 e. The molecule has 3 aromatic rings. The first-order chi connectivity index (χ1) is 10.6. The molecule has 0 saturated carbocycles. The summed E-state index contributed by atoms with van der Waals surface area (Å²) >= 11 is 4.53. The number of anilines is 1. The predicted molar refractivity (Wildman–Crippen MR) is 88.2 cm³/mol. The molecule has 2 aromatic carbocycles. The third-order valence-electron chi connectivity index (χ3n) is 3.00. The van der Waals surface area contributed by atoms with Gasteiger partial charge in [0.1, 0.15) is 17.1 Å². The summed E-state index contributed by atoms with van der Waals surface area (Å²) in [6, 6.07) is 9.48. The quantitative estimate of drug-likeness (QED) is 0.729. The Morgan fingerprint density at radius 1 is 1.36 bits per heavy atom. The maximum absolute atomic E-state index is 13.1. The van der Waals surface area contributed by atoms with Crippen molar-refractivity contribution in [2.24, 2.45) is 0 Å². The van der Waals surface area contributed by atoms with Crippen molar-refractivity contribution in [1.82, 2.24) is 4.98 Å². The van der Waals surface area contributed by atoms with Crippen LogP contribution in [-0.4, -0.2) is 18.0 Å². The topological polar surface area (TPSA) is 51.2 Å². The lowest BCUT2D eigenvalue weighted by Gasteiger charge is -2.04. The van der Waals surface area contributed by atoms with Gasteiger partial charge in [0.2, 0.25) is 0 Å². The molecule has 22 heavy (non-hydrogen) atoms. The van der Waals surface area contributed by atoms with Crippen LogP contribution < -0.4 is 10.1 Å². The molecule has 7 heteroatoms. The molecule has 112 valence electrons. The molecule has 1 N–H and O–H groups in total. The summed E-state index contributed by atoms with van der Waals surface area (Å²) in [6.07, 6.45) is 0. The summed E-state index contributed by atoms with van der Waals surface area (Å²) in [5, 5.41) is 3.18. The van der Waals surface area contributed by atoms with Crippen molar-refractivity contribution < 1.29 is 13.9 Å². The Morgan fingerprint density at radius 2 is 2.18 bits per heavy atom. The first kappa shape index (κ1) is 14.9. The highest BCUT2D eigenvalue weighted by Crippen LogP contribution is 2.32. The summed E-state index contributed by atoms with van der Waals surface area (Å²) in [4.78, 5) is 16.6. The van der Waals surface area contributed by atoms with Crippen LogP contribution in [0.25, 0.3) is 10.2 Å². The molecule has 0 aliphatic carbocycles. The summed E-state index contributed by atoms with van der Waals surface area (Å²) in [6.45, 7) is 0. The van der Waals surface area contributed by atoms with Gasteiger partial charge in [-0.25, -0.2) is 9.37 Å². The number of nitrogens with zero attached hydrogens (tertiary/aromatic N) is 1. The fraction of sp³-hybridized carbons (Fsp3) is 0.0667. The fourth-order valence-electron chi connectivity index (χ4n) is 1.98. The lowest BCUT2D eigenvalue weighted by Crippen LogP contribution is -2.12. The van der Waals surface area contributed by atoms with Gasteiger partial charge in [0, 0.05) is 4.47 Å². The largest absolute Gasteiger partial charge is 0.494 e. The standard InChI is InChI=1S/C15H10BrFN2O2S/c1-21-11-3-2-4-12-13(11)18-15(22-12)19-14(20)9-6-5-8(17)7-10(9)16/h2-7H,1H3,(H,18,19,20). The van der Waals surface area contributed by atoms with Gasteiger partial charge in [-0.2, -0.15) is 0 Å². The van der Waals surface area contributed by atoms with Crippen LogP contribution >= 0.6 is 27.3 Å². The molecule has 0 spiro atoms. The first-order valence-electron chi connectivity index (χ1n) is 6.28. The van der Waals surface area contributed by atoms with E-state index in [-0.39, 0.29) is 5.91 Å². The number of aromatic nitrogens is 1. The van der Waals surface area contributed by atoms with Gasteiger partial charge in [-0.1, -0.05) is 17.4 Å². The number of hydrogen-bond acceptors (Lipinski definition) is 4. The molecule has 0 bridgehead atoms. The zero-order chi connectivity index (χ0) is 15.7. The molecule has 1 aromatic heterocycles. The molecule has 0 radical (unpaired) electrons. The highest BCUT2D eigenvalue weighted by Gasteiger charge is 2.14. The van der Waals surface area contributed by atoms with Crippen LogP contribution in [0.3, 0.4) is 0 Å². The first-order valence-corrected chi connectivity index (χ1v) is 7.89. The summed E-state index contributed by atoms with van der Waals surface area (Å²) < 4.78 is 19.6. The Balaban J connectivity index is 1.91. The van der Waals surface area contributed by atoms with Gasteiger partial charge < -0.3 is 4.74 Å². The van der Waals surface area contributed by atoms with E-state index in [4.69, 9.17) is 4.74 Å². The van der Waals surface area contributed by atoms with Gasteiger partial charge in [0.25, 0.3) is 5.91 Å². The van der Waals surface area contributed by atoms with E-state index in [0.717, 1.165) is 4.70 Å². The number of hydrogen-bond donors (Lipinski definition) is 1. The third-order valence-corrected chi connectivity index (χ3v) is 4.59. The van der Waals surface area contributed by atoms with Crippen molar-refractivity contribution in [1.29, 1.82) is 0 Å². The zero-order valence-electron chi connectivity index (χ0n) is 11.4. The summed E-state index contributed by atoms with van der Waals surface area (Å²) in [5.74, 6) is -0.116. The van der Waals surface area contributed by atoms with Crippen LogP contribution in [0.1, 0.15) is 10.4 Å². The second-order valence-corrected chi connectivity index (χ2v) is 6.29. The van der Waals surface area contributed by atoms with E-state index in [0.29, 0.717) is 26.4 Å². The number of methoxy groups -OCH3 is 1. The number of halogens is 2. The predicted octanol–water partition coefficient (Wildman–Crippen LogP) is 4.46. The number of ether oxygens (including phenoxy) is 1. The Morgan fingerprint density at radius 3 is 2.91 bits per heavy atom. The highest BCUT2D eigenvalue weighted by atomic mass is 79.9. The van der Waals surface area contributed by atoms with Crippen LogP contribution in [0.15, 0.2) is 40.9 Å². The zero-order valence-corrected chi connectivity index (χ0v) is 13.8. The van der Waals surface area contributed by atoms with Crippen LogP contribution in [0.2, 0.25) is 0 Å². The van der Waals surface area contributed by atoms with Gasteiger partial charge in [-0.15, -0.1) is 0 Å². The summed E-state index contributed by atoms with van der Waals surface area (Å²) in [7, 11) is 1.57. The molecule has 0 fully saturated rings. The number of amides is 1. The molecule has 1 heterocycles. The van der Waals surface area contributed by atoms with Gasteiger partial charge in [-0.3, -0.25) is 10.1 Å². The molecule has 0 aliphatic rings. The van der Waals surface area contributed by atoms with E-state index in [9.17, 15) is 9.18 Å². The Bertz CT molecular complexity index is 866. The second-order valence-electron chi connectivity index (χ2n) is 4.40. The van der Waals surface area contributed by atoms with E-state index in [1.807, 2.05) is 18.2 Å². The molecule has 0 atom stereocenters. The number of rotatable bonds is 3. The molecule has 0 unspecified atom stereocenters. The van der Waals surface area contributed by atoms with Crippen molar-refractivity contribution in [2.45, 2.75) is 0 Å². The van der Waals surface area contributed by atoms with Crippen LogP contribution in [0.5, 0.6) is 5.75 Å². The van der Waals surface area contributed by atoms with Gasteiger partial charge in [0.05, 0.1) is 17.4 Å². The Kier molecular flexibility index (Phi) is 4.08. The highest BCUT2D eigenvalue weighted by molar-refractivity contribution is 9.10. The SMILES string of the molecule is COc1cccc2sc(NC(=O)c3ccc(F)cc3Br)nc12. The molecular weight excluding hydrogens is 371 g/mol. The van der Waals surface area contributed by atoms with E-state index < -0.39 is 5.82 Å². The number of fused-ring (bicyclic) bond motifs is 1. The van der Waals surface area contributed by atoms with Crippen molar-refractivity contribution in [3.63, 3.8) is 0 Å². The normalized spacial score (nSPS) is 10.7. The lowest BCUT2D eigenvalue weighted by atomic mass is 10.2. The number of benzene rings is 2. The number of nitrogens with one attached hydrogen (secondary N) is 1. The minimum absolute atomic E-state index is 0.340. The van der Waals surface area contributed by atoms with Gasteiger partial charge in [0.15, 0.2) is 5.13 Å². The van der Waals surface area contributed by atoms with Crippen molar-refractivity contribution in [3.05, 3.63) is 52.3 Å². The van der Waals surface area contributed by atoms with Gasteiger partial charge in [-0.05, 0) is 46.3 Å². The molecule has 0 aliphatic heterocycles. The van der Waals surface area contributed by atoms with E-state index in [1.54, 1.807) is 7.11 Å². The molecular formula is C15H10BrFN2O2S. The van der Waals surface area contributed by atoms with Crippen molar-refractivity contribution in [3.8, 4) is 5.75 Å². The average Bonchev–Trinajstić information content (AvgIpc) is 2.89. The van der Waals surface area contributed by atoms with Crippen molar-refractivity contribution >= 4 is 48.5 Å². The third kappa shape index (κ3) is 2.82. The molecule has 0 saturated heterocycles. The fourth-order valence-corrected chi connectivity index (χ4v) is 3.39. The second kappa shape index (κ2) is 6.02. The maximum atomic E-state index is 13.1. The van der Waals surface area contributed by atoms with Crippen LogP contribution in [0, 0.1) is 5.82 Å². The minimum atomic E-state index is -0.409. The van der Waals surface area contributed by atoms with E-state index in [1.165, 1.54) is 29.5 Å². The van der Waals surface area contributed by atoms with Gasteiger partial charge >= 0.3 is 0 Å². The Hall–Kier alpha value is -1.99. The number of carbonyl (C=O) groups excluding carboxylic acids is 1. The number of thiazole rings is 1. The molecule has 4 nitrogen and oxygen atoms in total. The lowest BCUT2D eigenvalue weighted by molar-refractivity contribution is 0.102. The number of carbonyl (C=O) groups is 1. The molecule has 1 amide bonds. The van der Waals surface area contributed by atoms with Crippen molar-refractivity contribution in [2.75, 3.05) is 12.4 Å². The average molecular weight is 381 g/mol. The van der Waals surface area contributed by atoms with Crippen LogP contribution in [-0.2, 0) is 0 Å². The van der Waals surface area contributed by atoms with Crippen LogP contribution in [0.4, 0.5) is 9.52 Å². The number of para-hydroxylation sites is 1. The smallest absolute Gasteiger partial charge is 0.258 e. The van der Waals surface area contributed by atoms with E-state index in [2.05, 4.69) is 26.2 Å². The van der Waals surface area contributed by atoms with E-state index >= 15 is 0 Å². The summed E-state index contributed by atoms with van der Waals surface area (Å²) in [5.41, 5.74) is 1.04. The Labute approximate surface area is 138 Å². The maximum Gasteiger partial charge on any atom is 0.258 e.